The summed E-state index contributed by atoms with van der Waals surface area (Å²) in [4.78, 5) is 37.2. The highest BCUT2D eigenvalue weighted by Gasteiger charge is 2.27. The second-order valence-electron chi connectivity index (χ2n) is 6.35. The van der Waals surface area contributed by atoms with E-state index in [1.807, 2.05) is 0 Å². The Kier molecular flexibility index (Phi) is 9.49. The van der Waals surface area contributed by atoms with Crippen molar-refractivity contribution in [3.05, 3.63) is 16.0 Å². The Morgan fingerprint density at radius 1 is 1.10 bits per heavy atom. The van der Waals surface area contributed by atoms with Crippen molar-refractivity contribution in [2.45, 2.75) is 45.4 Å². The standard InChI is InChI=1S/C19H26N2O6S2/c1-3-26-18(24)16-12-6-4-5-7-13(12)29-17(16)21-19(28)20-14(22)8-9-15(23)27-11-10-25-2/h3-11H2,1-2H3,(H2,20,21,22,28). The first kappa shape index (κ1) is 23.2. The SMILES string of the molecule is CCOC(=O)c1c(NC(=S)NC(=O)CCC(=O)OCCOC)sc2c1CCCC2. The van der Waals surface area contributed by atoms with Gasteiger partial charge in [-0.1, -0.05) is 0 Å². The predicted molar refractivity (Wildman–Crippen MR) is 113 cm³/mol. The van der Waals surface area contributed by atoms with Crippen molar-refractivity contribution in [2.24, 2.45) is 0 Å². The summed E-state index contributed by atoms with van der Waals surface area (Å²) in [6.45, 7) is 2.50. The molecule has 0 spiro atoms. The van der Waals surface area contributed by atoms with Gasteiger partial charge < -0.3 is 24.8 Å². The molecule has 0 atom stereocenters. The minimum absolute atomic E-state index is 0.0560. The third kappa shape index (κ3) is 7.06. The van der Waals surface area contributed by atoms with Crippen molar-refractivity contribution < 1.29 is 28.6 Å². The number of hydrogen-bond donors (Lipinski definition) is 2. The number of thiocarbonyl (C=S) groups is 1. The average Bonchev–Trinajstić information content (AvgIpc) is 3.04. The molecule has 1 aromatic heterocycles. The number of ether oxygens (including phenoxy) is 3. The van der Waals surface area contributed by atoms with Crippen LogP contribution in [-0.2, 0) is 36.6 Å². The molecule has 0 bridgehead atoms. The monoisotopic (exact) mass is 442 g/mol. The van der Waals surface area contributed by atoms with Gasteiger partial charge in [0.2, 0.25) is 5.91 Å². The Hall–Kier alpha value is -2.04. The molecule has 29 heavy (non-hydrogen) atoms. The highest BCUT2D eigenvalue weighted by atomic mass is 32.1. The number of rotatable bonds is 9. The second-order valence-corrected chi connectivity index (χ2v) is 7.86. The molecule has 8 nitrogen and oxygen atoms in total. The Balaban J connectivity index is 1.93. The van der Waals surface area contributed by atoms with Crippen LogP contribution in [0.2, 0.25) is 0 Å². The summed E-state index contributed by atoms with van der Waals surface area (Å²) >= 11 is 6.67. The van der Waals surface area contributed by atoms with E-state index in [0.29, 0.717) is 17.2 Å². The maximum atomic E-state index is 12.4. The Morgan fingerprint density at radius 2 is 1.86 bits per heavy atom. The zero-order valence-electron chi connectivity index (χ0n) is 16.6. The number of anilines is 1. The number of aryl methyl sites for hydroxylation is 1. The number of amides is 1. The van der Waals surface area contributed by atoms with Crippen LogP contribution in [0.5, 0.6) is 0 Å². The molecular weight excluding hydrogens is 416 g/mol. The molecule has 2 rings (SSSR count). The molecule has 1 aliphatic rings. The lowest BCUT2D eigenvalue weighted by Gasteiger charge is -2.13. The van der Waals surface area contributed by atoms with Crippen LogP contribution < -0.4 is 10.6 Å². The molecule has 1 aliphatic carbocycles. The number of carbonyl (C=O) groups is 3. The normalized spacial score (nSPS) is 12.6. The lowest BCUT2D eigenvalue weighted by molar-refractivity contribution is -0.146. The fourth-order valence-electron chi connectivity index (χ4n) is 2.92. The molecule has 0 fully saturated rings. The fourth-order valence-corrected chi connectivity index (χ4v) is 4.49. The van der Waals surface area contributed by atoms with Crippen LogP contribution in [0.4, 0.5) is 5.00 Å². The van der Waals surface area contributed by atoms with Gasteiger partial charge in [-0.2, -0.15) is 0 Å². The molecule has 2 N–H and O–H groups in total. The van der Waals surface area contributed by atoms with Crippen molar-refractivity contribution >= 4 is 51.5 Å². The summed E-state index contributed by atoms with van der Waals surface area (Å²) < 4.78 is 14.9. The van der Waals surface area contributed by atoms with Gasteiger partial charge in [0.15, 0.2) is 5.11 Å². The van der Waals surface area contributed by atoms with Crippen molar-refractivity contribution in [3.63, 3.8) is 0 Å². The van der Waals surface area contributed by atoms with Crippen LogP contribution in [0.25, 0.3) is 0 Å². The topological polar surface area (TPSA) is 103 Å². The first-order valence-electron chi connectivity index (χ1n) is 9.53. The summed E-state index contributed by atoms with van der Waals surface area (Å²) in [7, 11) is 1.51. The van der Waals surface area contributed by atoms with Gasteiger partial charge >= 0.3 is 11.9 Å². The molecular formula is C19H26N2O6S2. The van der Waals surface area contributed by atoms with Crippen LogP contribution in [0.1, 0.15) is 53.4 Å². The van der Waals surface area contributed by atoms with Gasteiger partial charge in [0.25, 0.3) is 0 Å². The van der Waals surface area contributed by atoms with E-state index in [-0.39, 0.29) is 37.1 Å². The number of carbonyl (C=O) groups excluding carboxylic acids is 3. The van der Waals surface area contributed by atoms with E-state index in [0.717, 1.165) is 36.1 Å². The van der Waals surface area contributed by atoms with Gasteiger partial charge in [0.1, 0.15) is 11.6 Å². The summed E-state index contributed by atoms with van der Waals surface area (Å²) in [5, 5.41) is 6.14. The van der Waals surface area contributed by atoms with Crippen molar-refractivity contribution in [2.75, 3.05) is 32.2 Å². The van der Waals surface area contributed by atoms with E-state index in [2.05, 4.69) is 10.6 Å². The fraction of sp³-hybridized carbons (Fsp3) is 0.579. The maximum Gasteiger partial charge on any atom is 0.341 e. The molecule has 1 aromatic rings. The van der Waals surface area contributed by atoms with Crippen LogP contribution >= 0.6 is 23.6 Å². The Morgan fingerprint density at radius 3 is 2.59 bits per heavy atom. The number of methoxy groups -OCH3 is 1. The van der Waals surface area contributed by atoms with Crippen molar-refractivity contribution in [1.82, 2.24) is 5.32 Å². The Bertz CT molecular complexity index is 762. The molecule has 0 radical (unpaired) electrons. The van der Waals surface area contributed by atoms with Gasteiger partial charge in [0, 0.05) is 18.4 Å². The van der Waals surface area contributed by atoms with Crippen LogP contribution in [0.15, 0.2) is 0 Å². The van der Waals surface area contributed by atoms with E-state index in [9.17, 15) is 14.4 Å². The number of nitrogens with one attached hydrogen (secondary N) is 2. The highest BCUT2D eigenvalue weighted by Crippen LogP contribution is 2.38. The molecule has 0 saturated heterocycles. The number of fused-ring (bicyclic) bond motifs is 1. The van der Waals surface area contributed by atoms with Crippen molar-refractivity contribution in [3.8, 4) is 0 Å². The van der Waals surface area contributed by atoms with Gasteiger partial charge in [-0.25, -0.2) is 4.79 Å². The maximum absolute atomic E-state index is 12.4. The van der Waals surface area contributed by atoms with E-state index >= 15 is 0 Å². The molecule has 0 unspecified atom stereocenters. The van der Waals surface area contributed by atoms with E-state index in [4.69, 9.17) is 26.4 Å². The first-order valence-corrected chi connectivity index (χ1v) is 10.8. The first-order chi connectivity index (χ1) is 14.0. The predicted octanol–water partition coefficient (Wildman–Crippen LogP) is 2.59. The van der Waals surface area contributed by atoms with Gasteiger partial charge in [-0.3, -0.25) is 9.59 Å². The van der Waals surface area contributed by atoms with E-state index in [1.54, 1.807) is 6.92 Å². The molecule has 1 heterocycles. The molecule has 0 aromatic carbocycles. The van der Waals surface area contributed by atoms with Gasteiger partial charge in [-0.15, -0.1) is 11.3 Å². The number of esters is 2. The molecule has 160 valence electrons. The molecule has 0 aliphatic heterocycles. The average molecular weight is 443 g/mol. The highest BCUT2D eigenvalue weighted by molar-refractivity contribution is 7.80. The summed E-state index contributed by atoms with van der Waals surface area (Å²) in [6.07, 6.45) is 3.73. The number of thiophene rings is 1. The summed E-state index contributed by atoms with van der Waals surface area (Å²) in [5.74, 6) is -1.28. The zero-order valence-corrected chi connectivity index (χ0v) is 18.3. The minimum atomic E-state index is -0.480. The smallest absolute Gasteiger partial charge is 0.341 e. The third-order valence-corrected chi connectivity index (χ3v) is 5.65. The zero-order chi connectivity index (χ0) is 21.2. The summed E-state index contributed by atoms with van der Waals surface area (Å²) in [6, 6.07) is 0. The van der Waals surface area contributed by atoms with E-state index in [1.165, 1.54) is 18.4 Å². The van der Waals surface area contributed by atoms with Crippen LogP contribution in [-0.4, -0.2) is 49.9 Å². The molecule has 0 saturated carbocycles. The minimum Gasteiger partial charge on any atom is -0.463 e. The lowest BCUT2D eigenvalue weighted by atomic mass is 9.95. The second kappa shape index (κ2) is 11.8. The number of hydrogen-bond acceptors (Lipinski definition) is 8. The van der Waals surface area contributed by atoms with Crippen LogP contribution in [0.3, 0.4) is 0 Å². The largest absolute Gasteiger partial charge is 0.463 e. The third-order valence-electron chi connectivity index (χ3n) is 4.24. The van der Waals surface area contributed by atoms with E-state index < -0.39 is 11.9 Å². The lowest BCUT2D eigenvalue weighted by Crippen LogP contribution is -2.34. The van der Waals surface area contributed by atoms with Gasteiger partial charge in [0.05, 0.1) is 25.2 Å². The summed E-state index contributed by atoms with van der Waals surface area (Å²) in [5.41, 5.74) is 1.51. The Labute approximate surface area is 179 Å². The molecule has 10 heteroatoms. The quantitative estimate of drug-likeness (QED) is 0.342. The van der Waals surface area contributed by atoms with Gasteiger partial charge in [-0.05, 0) is 50.4 Å². The molecule has 1 amide bonds. The van der Waals surface area contributed by atoms with Crippen molar-refractivity contribution in [1.29, 1.82) is 0 Å². The van der Waals surface area contributed by atoms with Crippen LogP contribution in [0, 0.1) is 0 Å².